The summed E-state index contributed by atoms with van der Waals surface area (Å²) in [6.07, 6.45) is 5.37. The minimum absolute atomic E-state index is 0.0816. The Hall–Kier alpha value is -3.82. The molecule has 1 N–H and O–H groups in total. The maximum Gasteiger partial charge on any atom is 0.272 e. The number of ether oxygens (including phenoxy) is 1. The van der Waals surface area contributed by atoms with Crippen LogP contribution in [0.25, 0.3) is 0 Å². The molecule has 0 bridgehead atoms. The fourth-order valence-electron chi connectivity index (χ4n) is 2.82. The third-order valence-electron chi connectivity index (χ3n) is 4.48. The Bertz CT molecular complexity index is 1080. The van der Waals surface area contributed by atoms with E-state index < -0.39 is 29.6 Å². The molecule has 1 aliphatic heterocycles. The van der Waals surface area contributed by atoms with E-state index in [-0.39, 0.29) is 18.8 Å². The van der Waals surface area contributed by atoms with Gasteiger partial charge in [-0.15, -0.1) is 0 Å². The number of fused-ring (bicyclic) bond motifs is 1. The number of likely N-dealkylation sites (N-methyl/N-ethyl adjacent to an activating group) is 1. The predicted octanol–water partition coefficient (Wildman–Crippen LogP) is 2.56. The van der Waals surface area contributed by atoms with Crippen molar-refractivity contribution in [3.05, 3.63) is 72.2 Å². The Morgan fingerprint density at radius 1 is 1.45 bits per heavy atom. The summed E-state index contributed by atoms with van der Waals surface area (Å²) < 4.78 is 33.9. The van der Waals surface area contributed by atoms with Gasteiger partial charge < -0.3 is 10.1 Å². The number of allylic oxidation sites excluding steroid dienone is 5. The molecule has 0 fully saturated rings. The van der Waals surface area contributed by atoms with Crippen LogP contribution in [-0.2, 0) is 11.3 Å². The molecule has 2 aromatic rings. The van der Waals surface area contributed by atoms with Crippen molar-refractivity contribution in [1.82, 2.24) is 20.1 Å². The zero-order chi connectivity index (χ0) is 22.5. The number of amides is 2. The first-order valence-corrected chi connectivity index (χ1v) is 9.37. The van der Waals surface area contributed by atoms with Crippen molar-refractivity contribution < 1.29 is 23.1 Å². The number of hydrogen-bond donors (Lipinski definition) is 1. The van der Waals surface area contributed by atoms with Gasteiger partial charge in [0, 0.05) is 19.3 Å². The summed E-state index contributed by atoms with van der Waals surface area (Å²) in [6.45, 7) is 5.05. The highest BCUT2D eigenvalue weighted by molar-refractivity contribution is 6.02. The van der Waals surface area contributed by atoms with Gasteiger partial charge in [0.15, 0.2) is 17.3 Å². The normalized spacial score (nSPS) is 16.6. The van der Waals surface area contributed by atoms with Crippen LogP contribution in [0.3, 0.4) is 0 Å². The van der Waals surface area contributed by atoms with Gasteiger partial charge in [-0.05, 0) is 30.7 Å². The van der Waals surface area contributed by atoms with E-state index in [9.17, 15) is 18.4 Å². The van der Waals surface area contributed by atoms with Crippen molar-refractivity contribution in [3.8, 4) is 5.75 Å². The smallest absolute Gasteiger partial charge is 0.272 e. The summed E-state index contributed by atoms with van der Waals surface area (Å²) in [5.74, 6) is -1.67. The van der Waals surface area contributed by atoms with Crippen LogP contribution in [0.5, 0.6) is 5.75 Å². The lowest BCUT2D eigenvalue weighted by Crippen LogP contribution is -2.49. The zero-order valence-corrected chi connectivity index (χ0v) is 17.0. The Morgan fingerprint density at radius 2 is 2.23 bits per heavy atom. The number of hydrogen-bond acceptors (Lipinski definition) is 5. The molecule has 1 aliphatic rings. The van der Waals surface area contributed by atoms with Gasteiger partial charge in [-0.25, -0.2) is 14.1 Å². The van der Waals surface area contributed by atoms with E-state index in [1.807, 2.05) is 0 Å². The lowest BCUT2D eigenvalue weighted by Gasteiger charge is -2.19. The molecule has 2 amide bonds. The highest BCUT2D eigenvalue weighted by Crippen LogP contribution is 2.27. The zero-order valence-electron chi connectivity index (χ0n) is 17.0. The molecule has 1 atom stereocenters. The van der Waals surface area contributed by atoms with E-state index in [4.69, 9.17) is 4.74 Å². The second kappa shape index (κ2) is 9.33. The summed E-state index contributed by atoms with van der Waals surface area (Å²) in [4.78, 5) is 30.6. The molecule has 10 heteroatoms. The van der Waals surface area contributed by atoms with Gasteiger partial charge in [0.2, 0.25) is 5.95 Å². The summed E-state index contributed by atoms with van der Waals surface area (Å²) in [5, 5.41) is 6.43. The van der Waals surface area contributed by atoms with Crippen molar-refractivity contribution in [2.75, 3.05) is 18.6 Å². The number of carbonyl (C=O) groups is 2. The summed E-state index contributed by atoms with van der Waals surface area (Å²) in [5.41, 5.74) is 0.162. The number of rotatable bonds is 6. The van der Waals surface area contributed by atoms with Crippen LogP contribution in [0.15, 0.2) is 60.6 Å². The highest BCUT2D eigenvalue weighted by atomic mass is 19.1. The van der Waals surface area contributed by atoms with Crippen molar-refractivity contribution in [2.24, 2.45) is 0 Å². The molecular weight excluding hydrogens is 408 g/mol. The van der Waals surface area contributed by atoms with Crippen molar-refractivity contribution in [1.29, 1.82) is 0 Å². The molecule has 0 unspecified atom stereocenters. The number of halogens is 2. The van der Waals surface area contributed by atoms with Crippen LogP contribution in [0, 0.1) is 5.95 Å². The van der Waals surface area contributed by atoms with Gasteiger partial charge in [0.1, 0.15) is 18.5 Å². The van der Waals surface area contributed by atoms with Crippen molar-refractivity contribution in [2.45, 2.75) is 19.5 Å². The van der Waals surface area contributed by atoms with Crippen molar-refractivity contribution in [3.63, 3.8) is 0 Å². The number of aromatic nitrogens is 3. The lowest BCUT2D eigenvalue weighted by molar-refractivity contribution is -0.120. The van der Waals surface area contributed by atoms with Crippen LogP contribution in [-0.4, -0.2) is 46.3 Å². The first-order chi connectivity index (χ1) is 14.8. The molecule has 8 nitrogen and oxygen atoms in total. The van der Waals surface area contributed by atoms with Gasteiger partial charge in [0.25, 0.3) is 11.8 Å². The number of nitrogens with zero attached hydrogens (tertiary/aromatic N) is 4. The van der Waals surface area contributed by atoms with Crippen molar-refractivity contribution >= 4 is 17.6 Å². The minimum Gasteiger partial charge on any atom is -0.487 e. The van der Waals surface area contributed by atoms with E-state index in [2.05, 4.69) is 22.0 Å². The van der Waals surface area contributed by atoms with E-state index >= 15 is 0 Å². The topological polar surface area (TPSA) is 89.3 Å². The maximum absolute atomic E-state index is 14.2. The predicted molar refractivity (Wildman–Crippen MR) is 110 cm³/mol. The number of carbonyl (C=O) groups excluding carboxylic acids is 2. The minimum atomic E-state index is -1.01. The first-order valence-electron chi connectivity index (χ1n) is 9.37. The molecule has 2 aromatic heterocycles. The molecule has 0 aromatic carbocycles. The second-order valence-corrected chi connectivity index (χ2v) is 6.73. The Morgan fingerprint density at radius 3 is 2.97 bits per heavy atom. The molecule has 0 aliphatic carbocycles. The van der Waals surface area contributed by atoms with Crippen LogP contribution < -0.4 is 15.0 Å². The Kier molecular flexibility index (Phi) is 6.58. The number of anilines is 1. The quantitative estimate of drug-likeness (QED) is 0.713. The van der Waals surface area contributed by atoms with Gasteiger partial charge in [-0.1, -0.05) is 18.7 Å². The molecule has 0 saturated heterocycles. The van der Waals surface area contributed by atoms with E-state index in [1.165, 1.54) is 43.3 Å². The van der Waals surface area contributed by atoms with Crippen LogP contribution in [0.4, 0.5) is 14.6 Å². The third kappa shape index (κ3) is 5.03. The van der Waals surface area contributed by atoms with Crippen LogP contribution >= 0.6 is 0 Å². The van der Waals surface area contributed by atoms with E-state index in [1.54, 1.807) is 12.1 Å². The monoisotopic (exact) mass is 429 g/mol. The lowest BCUT2D eigenvalue weighted by atomic mass is 10.2. The standard InChI is InChI=1S/C21H21F2N5O3/c1-4-14(22)8-7-13(2)11-28-18(23)10-15(26-28)20(29)25-16-12-31-17-6-5-9-24-19(17)27(3)21(16)30/h4-10,16H,2,11-12H2,1,3H3,(H,25,29)/b8-7-,14-4+/t16-/m0/s1. The average molecular weight is 429 g/mol. The summed E-state index contributed by atoms with van der Waals surface area (Å²) in [6, 6.07) is 3.26. The Balaban J connectivity index is 1.69. The van der Waals surface area contributed by atoms with E-state index in [0.29, 0.717) is 17.1 Å². The van der Waals surface area contributed by atoms with Gasteiger partial charge >= 0.3 is 0 Å². The Labute approximate surface area is 177 Å². The van der Waals surface area contributed by atoms with Gasteiger partial charge in [-0.3, -0.25) is 14.5 Å². The SMILES string of the molecule is C=C(/C=C\C(F)=C/C)Cn1nc(C(=O)N[C@H]2COc3cccnc3N(C)C2=O)cc1F. The van der Waals surface area contributed by atoms with Gasteiger partial charge in [-0.2, -0.15) is 9.49 Å². The molecular formula is C21H21F2N5O3. The molecule has 3 rings (SSSR count). The molecule has 0 saturated carbocycles. The average Bonchev–Trinajstić information content (AvgIpc) is 3.08. The molecule has 0 spiro atoms. The van der Waals surface area contributed by atoms with E-state index in [0.717, 1.165) is 10.7 Å². The van der Waals surface area contributed by atoms with Gasteiger partial charge in [0.05, 0.1) is 6.54 Å². The van der Waals surface area contributed by atoms with Crippen LogP contribution in [0.2, 0.25) is 0 Å². The molecule has 0 radical (unpaired) electrons. The second-order valence-electron chi connectivity index (χ2n) is 6.73. The number of nitrogens with one attached hydrogen (secondary N) is 1. The molecule has 162 valence electrons. The highest BCUT2D eigenvalue weighted by Gasteiger charge is 2.32. The summed E-state index contributed by atoms with van der Waals surface area (Å²) >= 11 is 0. The third-order valence-corrected chi connectivity index (χ3v) is 4.48. The van der Waals surface area contributed by atoms with Crippen LogP contribution in [0.1, 0.15) is 17.4 Å². The fraction of sp³-hybridized carbons (Fsp3) is 0.238. The largest absolute Gasteiger partial charge is 0.487 e. The fourth-order valence-corrected chi connectivity index (χ4v) is 2.82. The maximum atomic E-state index is 14.2. The molecule has 3 heterocycles. The molecule has 31 heavy (non-hydrogen) atoms. The number of pyridine rings is 1. The summed E-state index contributed by atoms with van der Waals surface area (Å²) in [7, 11) is 1.52. The first kappa shape index (κ1) is 21.9.